The van der Waals surface area contributed by atoms with E-state index in [9.17, 15) is 0 Å². The Kier molecular flexibility index (Phi) is 10.4. The zero-order valence-electron chi connectivity index (χ0n) is 25.6. The van der Waals surface area contributed by atoms with E-state index in [1.54, 1.807) is 0 Å². The topological polar surface area (TPSA) is 113 Å². The van der Waals surface area contributed by atoms with Crippen LogP contribution in [0.5, 0.6) is 0 Å². The van der Waals surface area contributed by atoms with Crippen LogP contribution in [0.25, 0.3) is 0 Å². The van der Waals surface area contributed by atoms with Crippen molar-refractivity contribution in [3.8, 4) is 0 Å². The van der Waals surface area contributed by atoms with Crippen LogP contribution in [-0.4, -0.2) is 49.3 Å². The fourth-order valence-electron chi connectivity index (χ4n) is 12.0. The molecule has 9 nitrogen and oxygen atoms in total. The number of nitrogens with one attached hydrogen (secondary N) is 8. The Labute approximate surface area is 277 Å². The zero-order valence-corrected chi connectivity index (χ0v) is 27.7. The van der Waals surface area contributed by atoms with E-state index in [1.807, 2.05) is 15.9 Å². The molecule has 9 rings (SSSR count). The summed E-state index contributed by atoms with van der Waals surface area (Å²) in [5.74, 6) is 5.97. The summed E-state index contributed by atoms with van der Waals surface area (Å²) < 4.78 is 8.00. The molecule has 5 aliphatic heterocycles. The molecule has 8 atom stereocenters. The average molecular weight is 688 g/mol. The predicted octanol–water partition coefficient (Wildman–Crippen LogP) is 2.48. The maximum absolute atomic E-state index is 8.00. The summed E-state index contributed by atoms with van der Waals surface area (Å²) in [6, 6.07) is 0. The maximum atomic E-state index is 8.00. The van der Waals surface area contributed by atoms with Gasteiger partial charge in [0.25, 0.3) is 0 Å². The third-order valence-electron chi connectivity index (χ3n) is 13.8. The summed E-state index contributed by atoms with van der Waals surface area (Å²) in [4.78, 5) is 0. The molecule has 0 aromatic carbocycles. The minimum atomic E-state index is 0. The standard InChI is InChI=1S/C32H56N8.Cu.Fe.O/c1-2-10-18-17(9-1)25-33-26(18)38-28-21-13-5-6-14-22(21)30(35-28)40-32-24-16-8-7-15-23(24)31(36-32)39-29-20-12-4-3-11-19(20)27(34-29)37-25;;;/h17-40H,1-16H2;;;. The normalized spacial score (nSPS) is 53.7. The van der Waals surface area contributed by atoms with Crippen LogP contribution in [0.2, 0.25) is 0 Å². The zero-order chi connectivity index (χ0) is 28.2. The van der Waals surface area contributed by atoms with E-state index in [1.165, 1.54) is 103 Å². The second-order valence-electron chi connectivity index (χ2n) is 15.6. The third-order valence-corrected chi connectivity index (χ3v) is 13.8. The fourth-order valence-corrected chi connectivity index (χ4v) is 12.0. The molecule has 5 heterocycles. The molecule has 8 N–H and O–H groups in total. The van der Waals surface area contributed by atoms with Crippen molar-refractivity contribution in [3.05, 3.63) is 0 Å². The van der Waals surface area contributed by atoms with Gasteiger partial charge in [-0.15, -0.1) is 0 Å². The van der Waals surface area contributed by atoms with E-state index in [-0.39, 0.29) is 17.1 Å². The van der Waals surface area contributed by atoms with Crippen LogP contribution in [0.15, 0.2) is 0 Å². The number of hydrogen-bond donors (Lipinski definition) is 8. The molecule has 9 fully saturated rings. The van der Waals surface area contributed by atoms with Crippen LogP contribution >= 0.6 is 0 Å². The third kappa shape index (κ3) is 5.93. The number of rotatable bonds is 0. The van der Waals surface area contributed by atoms with E-state index in [2.05, 4.69) is 42.5 Å². The average Bonchev–Trinajstić information content (AvgIpc) is 3.78. The molecule has 8 bridgehead atoms. The Bertz CT molecular complexity index is 745. The van der Waals surface area contributed by atoms with Crippen molar-refractivity contribution in [2.75, 3.05) is 0 Å². The van der Waals surface area contributed by atoms with Gasteiger partial charge in [-0.25, -0.2) is 0 Å². The second kappa shape index (κ2) is 13.9. The molecule has 0 spiro atoms. The SMILES string of the molecule is C1CCC2C3NC(NC4NC(NC5NC(NC6NC(N3)C3CCCCC63)C3CCCCC53)C3CCCCC43)C2C1.[Cu].[O]=[Fe]. The van der Waals surface area contributed by atoms with Crippen LogP contribution in [-0.2, 0) is 36.8 Å². The van der Waals surface area contributed by atoms with Crippen molar-refractivity contribution in [3.63, 3.8) is 0 Å². The molecular formula is C32H56CuFeN8O. The van der Waals surface area contributed by atoms with Gasteiger partial charge in [-0.2, -0.15) is 0 Å². The summed E-state index contributed by atoms with van der Waals surface area (Å²) in [6.07, 6.45) is 25.6. The van der Waals surface area contributed by atoms with Crippen LogP contribution in [0.1, 0.15) is 103 Å². The number of fused-ring (bicyclic) bond motifs is 20. The van der Waals surface area contributed by atoms with Gasteiger partial charge in [0.05, 0.1) is 49.3 Å². The van der Waals surface area contributed by atoms with Crippen molar-refractivity contribution in [1.29, 1.82) is 0 Å². The fraction of sp³-hybridized carbons (Fsp3) is 1.00. The van der Waals surface area contributed by atoms with Crippen molar-refractivity contribution in [2.45, 2.75) is 152 Å². The van der Waals surface area contributed by atoms with Crippen molar-refractivity contribution < 1.29 is 36.8 Å². The molecule has 8 unspecified atom stereocenters. The Morgan fingerprint density at radius 2 is 0.395 bits per heavy atom. The molecule has 0 aromatic rings. The van der Waals surface area contributed by atoms with Gasteiger partial charge in [-0.3, -0.25) is 42.5 Å². The molecule has 0 aromatic heterocycles. The summed E-state index contributed by atoms with van der Waals surface area (Å²) in [6.45, 7) is 0. The number of hydrogen-bond acceptors (Lipinski definition) is 9. The van der Waals surface area contributed by atoms with Crippen molar-refractivity contribution in [2.24, 2.45) is 47.3 Å². The molecule has 0 amide bonds. The van der Waals surface area contributed by atoms with Crippen LogP contribution in [0, 0.1) is 47.3 Å². The molecule has 9 aliphatic rings. The monoisotopic (exact) mass is 687 g/mol. The first kappa shape index (κ1) is 32.1. The molecule has 1 radical (unpaired) electrons. The van der Waals surface area contributed by atoms with Crippen LogP contribution in [0.4, 0.5) is 0 Å². The summed E-state index contributed by atoms with van der Waals surface area (Å²) >= 11 is 2.00. The quantitative estimate of drug-likeness (QED) is 0.182. The molecule has 43 heavy (non-hydrogen) atoms. The molecular weight excluding hydrogens is 632 g/mol. The van der Waals surface area contributed by atoms with Gasteiger partial charge in [0.1, 0.15) is 0 Å². The van der Waals surface area contributed by atoms with Gasteiger partial charge in [-0.1, -0.05) is 51.4 Å². The molecule has 4 aliphatic carbocycles. The molecule has 11 heteroatoms. The first-order valence-electron chi connectivity index (χ1n) is 18.0. The molecule has 249 valence electrons. The van der Waals surface area contributed by atoms with Crippen LogP contribution in [0.3, 0.4) is 0 Å². The minimum absolute atomic E-state index is 0. The van der Waals surface area contributed by atoms with Gasteiger partial charge in [-0.05, 0) is 98.7 Å². The van der Waals surface area contributed by atoms with E-state index >= 15 is 0 Å². The Balaban J connectivity index is 0.000000981. The predicted molar refractivity (Wildman–Crippen MR) is 158 cm³/mol. The van der Waals surface area contributed by atoms with Gasteiger partial charge in [0.15, 0.2) is 0 Å². The van der Waals surface area contributed by atoms with Gasteiger partial charge >= 0.3 is 19.8 Å². The summed E-state index contributed by atoms with van der Waals surface area (Å²) in [5.41, 5.74) is 0. The van der Waals surface area contributed by atoms with E-state index in [4.69, 9.17) is 3.83 Å². The molecule has 5 saturated heterocycles. The van der Waals surface area contributed by atoms with E-state index in [0.717, 1.165) is 47.3 Å². The van der Waals surface area contributed by atoms with Gasteiger partial charge < -0.3 is 0 Å². The van der Waals surface area contributed by atoms with E-state index in [0.29, 0.717) is 49.3 Å². The van der Waals surface area contributed by atoms with Gasteiger partial charge in [0.2, 0.25) is 0 Å². The first-order chi connectivity index (χ1) is 20.8. The van der Waals surface area contributed by atoms with Crippen molar-refractivity contribution in [1.82, 2.24) is 42.5 Å². The second-order valence-corrected chi connectivity index (χ2v) is 15.6. The van der Waals surface area contributed by atoms with Gasteiger partial charge in [0, 0.05) is 17.1 Å². The molecule has 4 saturated carbocycles. The summed E-state index contributed by atoms with van der Waals surface area (Å²) in [5, 5.41) is 33.8. The van der Waals surface area contributed by atoms with Crippen LogP contribution < -0.4 is 42.5 Å². The first-order valence-corrected chi connectivity index (χ1v) is 18.5. The Morgan fingerprint density at radius 1 is 0.279 bits per heavy atom. The Morgan fingerprint density at radius 3 is 0.512 bits per heavy atom. The van der Waals surface area contributed by atoms with E-state index < -0.39 is 0 Å². The summed E-state index contributed by atoms with van der Waals surface area (Å²) in [7, 11) is 0. The Hall–Kier alpha value is 0.519. The van der Waals surface area contributed by atoms with Crippen molar-refractivity contribution >= 4 is 0 Å².